The lowest BCUT2D eigenvalue weighted by molar-refractivity contribution is 0.247. The van der Waals surface area contributed by atoms with E-state index in [2.05, 4.69) is 36.0 Å². The molecule has 0 bridgehead atoms. The molecular formula is C16H17FN2. The number of benzene rings is 1. The highest BCUT2D eigenvalue weighted by atomic mass is 19.1. The van der Waals surface area contributed by atoms with Gasteiger partial charge in [-0.25, -0.2) is 4.98 Å². The van der Waals surface area contributed by atoms with Gasteiger partial charge in [0, 0.05) is 24.3 Å². The van der Waals surface area contributed by atoms with Gasteiger partial charge in [-0.1, -0.05) is 18.2 Å². The van der Waals surface area contributed by atoms with Crippen molar-refractivity contribution in [3.05, 3.63) is 53.6 Å². The van der Waals surface area contributed by atoms with E-state index in [0.717, 1.165) is 18.5 Å². The lowest BCUT2D eigenvalue weighted by atomic mass is 9.91. The molecule has 3 rings (SSSR count). The fraction of sp³-hybridized carbons (Fsp3) is 0.312. The summed E-state index contributed by atoms with van der Waals surface area (Å²) in [4.78, 5) is 6.06. The van der Waals surface area contributed by atoms with Crippen molar-refractivity contribution in [1.82, 2.24) is 9.88 Å². The highest BCUT2D eigenvalue weighted by molar-refractivity contribution is 5.65. The van der Waals surface area contributed by atoms with Crippen LogP contribution < -0.4 is 0 Å². The van der Waals surface area contributed by atoms with Gasteiger partial charge in [-0.15, -0.1) is 0 Å². The van der Waals surface area contributed by atoms with E-state index in [1.807, 2.05) is 6.07 Å². The standard InChI is InChI=1S/C16H17FN2/c1-11-14-6-5-12(10-13(14)7-9-19(11)2)15-4-3-8-18-16(15)17/h3-6,8,10-11H,7,9H2,1-2H3. The Bertz CT molecular complexity index is 609. The Kier molecular flexibility index (Phi) is 3.07. The molecule has 98 valence electrons. The van der Waals surface area contributed by atoms with E-state index in [4.69, 9.17) is 0 Å². The smallest absolute Gasteiger partial charge is 0.220 e. The van der Waals surface area contributed by atoms with Crippen molar-refractivity contribution < 1.29 is 4.39 Å². The van der Waals surface area contributed by atoms with Gasteiger partial charge in [-0.3, -0.25) is 4.90 Å². The van der Waals surface area contributed by atoms with Crippen molar-refractivity contribution in [3.8, 4) is 11.1 Å². The molecule has 3 heteroatoms. The van der Waals surface area contributed by atoms with Crippen molar-refractivity contribution in [1.29, 1.82) is 0 Å². The number of nitrogens with zero attached hydrogens (tertiary/aromatic N) is 2. The summed E-state index contributed by atoms with van der Waals surface area (Å²) in [5.41, 5.74) is 4.17. The molecule has 1 atom stereocenters. The monoisotopic (exact) mass is 256 g/mol. The Morgan fingerprint density at radius 1 is 1.32 bits per heavy atom. The first kappa shape index (κ1) is 12.3. The fourth-order valence-electron chi connectivity index (χ4n) is 2.73. The number of aromatic nitrogens is 1. The minimum absolute atomic E-state index is 0.400. The number of rotatable bonds is 1. The maximum Gasteiger partial charge on any atom is 0.220 e. The fourth-order valence-corrected chi connectivity index (χ4v) is 2.73. The first-order chi connectivity index (χ1) is 9.16. The molecule has 1 aromatic heterocycles. The van der Waals surface area contributed by atoms with E-state index < -0.39 is 5.95 Å². The molecule has 0 N–H and O–H groups in total. The maximum atomic E-state index is 13.7. The second kappa shape index (κ2) is 4.74. The summed E-state index contributed by atoms with van der Waals surface area (Å²) in [5, 5.41) is 0. The van der Waals surface area contributed by atoms with Gasteiger partial charge in [0.05, 0.1) is 0 Å². The Labute approximate surface area is 112 Å². The average molecular weight is 256 g/mol. The molecule has 0 aliphatic carbocycles. The lowest BCUT2D eigenvalue weighted by Crippen LogP contribution is -2.30. The van der Waals surface area contributed by atoms with Crippen LogP contribution in [0.1, 0.15) is 24.1 Å². The van der Waals surface area contributed by atoms with Crippen LogP contribution in [0.25, 0.3) is 11.1 Å². The Hall–Kier alpha value is -1.74. The van der Waals surface area contributed by atoms with Crippen LogP contribution in [-0.4, -0.2) is 23.5 Å². The lowest BCUT2D eigenvalue weighted by Gasteiger charge is -2.32. The third-order valence-corrected chi connectivity index (χ3v) is 4.06. The largest absolute Gasteiger partial charge is 0.299 e. The summed E-state index contributed by atoms with van der Waals surface area (Å²) in [6, 6.07) is 10.2. The third-order valence-electron chi connectivity index (χ3n) is 4.06. The van der Waals surface area contributed by atoms with E-state index in [1.165, 1.54) is 17.3 Å². The quantitative estimate of drug-likeness (QED) is 0.727. The molecule has 19 heavy (non-hydrogen) atoms. The molecule has 2 nitrogen and oxygen atoms in total. The molecule has 2 heterocycles. The molecule has 1 aliphatic heterocycles. The van der Waals surface area contributed by atoms with Gasteiger partial charge >= 0.3 is 0 Å². The van der Waals surface area contributed by atoms with E-state index >= 15 is 0 Å². The molecule has 1 aromatic carbocycles. The Morgan fingerprint density at radius 3 is 2.95 bits per heavy atom. The van der Waals surface area contributed by atoms with Crippen LogP contribution in [0.15, 0.2) is 36.5 Å². The molecule has 0 saturated carbocycles. The van der Waals surface area contributed by atoms with Crippen LogP contribution in [0.4, 0.5) is 4.39 Å². The van der Waals surface area contributed by atoms with Crippen molar-refractivity contribution in [2.45, 2.75) is 19.4 Å². The second-order valence-electron chi connectivity index (χ2n) is 5.16. The number of hydrogen-bond acceptors (Lipinski definition) is 2. The zero-order chi connectivity index (χ0) is 13.4. The summed E-state index contributed by atoms with van der Waals surface area (Å²) in [7, 11) is 2.14. The SMILES string of the molecule is CC1c2ccc(-c3cccnc3F)cc2CCN1C. The molecule has 0 fully saturated rings. The van der Waals surface area contributed by atoms with Gasteiger partial charge in [0.1, 0.15) is 0 Å². The summed E-state index contributed by atoms with van der Waals surface area (Å²) in [6.45, 7) is 3.26. The van der Waals surface area contributed by atoms with Crippen molar-refractivity contribution in [2.24, 2.45) is 0 Å². The molecule has 0 amide bonds. The zero-order valence-electron chi connectivity index (χ0n) is 11.2. The van der Waals surface area contributed by atoms with Crippen LogP contribution in [0.5, 0.6) is 0 Å². The van der Waals surface area contributed by atoms with Gasteiger partial charge in [0.25, 0.3) is 0 Å². The van der Waals surface area contributed by atoms with E-state index in [1.54, 1.807) is 12.1 Å². The summed E-state index contributed by atoms with van der Waals surface area (Å²) in [6.07, 6.45) is 2.50. The summed E-state index contributed by atoms with van der Waals surface area (Å²) in [5.74, 6) is -0.400. The van der Waals surface area contributed by atoms with Gasteiger partial charge < -0.3 is 0 Å². The number of pyridine rings is 1. The molecule has 2 aromatic rings. The molecule has 0 spiro atoms. The first-order valence-electron chi connectivity index (χ1n) is 6.61. The molecule has 1 unspecified atom stereocenters. The maximum absolute atomic E-state index is 13.7. The van der Waals surface area contributed by atoms with Gasteiger partial charge in [-0.05, 0) is 49.2 Å². The highest BCUT2D eigenvalue weighted by Crippen LogP contribution is 2.32. The van der Waals surface area contributed by atoms with E-state index in [9.17, 15) is 4.39 Å². The minimum Gasteiger partial charge on any atom is -0.299 e. The Balaban J connectivity index is 2.06. The van der Waals surface area contributed by atoms with Crippen molar-refractivity contribution >= 4 is 0 Å². The normalized spacial score (nSPS) is 19.2. The number of halogens is 1. The Morgan fingerprint density at radius 2 is 2.16 bits per heavy atom. The average Bonchev–Trinajstić information content (AvgIpc) is 2.43. The van der Waals surface area contributed by atoms with Crippen LogP contribution in [0.2, 0.25) is 0 Å². The molecular weight excluding hydrogens is 239 g/mol. The van der Waals surface area contributed by atoms with Crippen LogP contribution >= 0.6 is 0 Å². The van der Waals surface area contributed by atoms with E-state index in [-0.39, 0.29) is 0 Å². The van der Waals surface area contributed by atoms with Gasteiger partial charge in [0.2, 0.25) is 5.95 Å². The molecule has 0 radical (unpaired) electrons. The number of fused-ring (bicyclic) bond motifs is 1. The number of likely N-dealkylation sites (N-methyl/N-ethyl adjacent to an activating group) is 1. The van der Waals surface area contributed by atoms with Crippen LogP contribution in [0.3, 0.4) is 0 Å². The van der Waals surface area contributed by atoms with Gasteiger partial charge in [0.15, 0.2) is 0 Å². The first-order valence-corrected chi connectivity index (χ1v) is 6.61. The van der Waals surface area contributed by atoms with Crippen molar-refractivity contribution in [3.63, 3.8) is 0 Å². The topological polar surface area (TPSA) is 16.1 Å². The molecule has 1 aliphatic rings. The second-order valence-corrected chi connectivity index (χ2v) is 5.16. The van der Waals surface area contributed by atoms with E-state index in [0.29, 0.717) is 11.6 Å². The van der Waals surface area contributed by atoms with Crippen LogP contribution in [-0.2, 0) is 6.42 Å². The minimum atomic E-state index is -0.400. The molecule has 0 saturated heterocycles. The van der Waals surface area contributed by atoms with Gasteiger partial charge in [-0.2, -0.15) is 4.39 Å². The predicted molar refractivity (Wildman–Crippen MR) is 74.4 cm³/mol. The predicted octanol–water partition coefficient (Wildman–Crippen LogP) is 3.44. The third kappa shape index (κ3) is 2.15. The summed E-state index contributed by atoms with van der Waals surface area (Å²) < 4.78 is 13.7. The van der Waals surface area contributed by atoms with Crippen molar-refractivity contribution in [2.75, 3.05) is 13.6 Å². The summed E-state index contributed by atoms with van der Waals surface area (Å²) >= 11 is 0. The number of hydrogen-bond donors (Lipinski definition) is 0. The van der Waals surface area contributed by atoms with Crippen LogP contribution in [0, 0.1) is 5.95 Å². The zero-order valence-corrected chi connectivity index (χ0v) is 11.2. The highest BCUT2D eigenvalue weighted by Gasteiger charge is 2.21.